The van der Waals surface area contributed by atoms with Crippen molar-refractivity contribution in [3.8, 4) is 0 Å². The van der Waals surface area contributed by atoms with Crippen LogP contribution in [-0.2, 0) is 32.7 Å². The molecule has 0 aromatic rings. The Morgan fingerprint density at radius 3 is 0.901 bits per heavy atom. The molecule has 0 rings (SSSR count). The zero-order valence-corrected chi connectivity index (χ0v) is 60.7. The van der Waals surface area contributed by atoms with E-state index in [9.17, 15) is 19.0 Å². The number of allylic oxidation sites excluding steroid dienone is 14. The van der Waals surface area contributed by atoms with Crippen molar-refractivity contribution in [3.05, 3.63) is 85.1 Å². The maximum Gasteiger partial charge on any atom is 0.472 e. The summed E-state index contributed by atoms with van der Waals surface area (Å²) in [5, 5.41) is 0. The van der Waals surface area contributed by atoms with E-state index in [-0.39, 0.29) is 38.6 Å². The first-order valence-corrected chi connectivity index (χ1v) is 40.6. The SMILES string of the molecule is CC/C=C\C/C=C\C/C=C\C/C=C\C/C=C\C/C=C\C/C=C\CCCCCCCCCCCCCCCC(=O)OC(COC(=O)CCCCCCCCCCCCCCCCCCCCCCCCCCCCCCCCCCCCC)COP(=O)(O)OCCN. The first kappa shape index (κ1) is 88.2. The lowest BCUT2D eigenvalue weighted by Crippen LogP contribution is -2.29. The van der Waals surface area contributed by atoms with Crippen molar-refractivity contribution < 1.29 is 37.6 Å². The van der Waals surface area contributed by atoms with Gasteiger partial charge in [0.2, 0.25) is 0 Å². The second-order valence-electron chi connectivity index (χ2n) is 26.2. The number of hydrogen-bond donors (Lipinski definition) is 2. The lowest BCUT2D eigenvalue weighted by molar-refractivity contribution is -0.161. The molecule has 0 amide bonds. The van der Waals surface area contributed by atoms with Gasteiger partial charge in [0.1, 0.15) is 6.61 Å². The van der Waals surface area contributed by atoms with Gasteiger partial charge in [-0.15, -0.1) is 0 Å². The summed E-state index contributed by atoms with van der Waals surface area (Å²) in [4.78, 5) is 35.4. The molecule has 0 saturated carbocycles. The van der Waals surface area contributed by atoms with Gasteiger partial charge in [0.05, 0.1) is 13.2 Å². The molecule has 530 valence electrons. The van der Waals surface area contributed by atoms with Gasteiger partial charge in [0.25, 0.3) is 0 Å². The molecule has 3 N–H and O–H groups in total. The van der Waals surface area contributed by atoms with Gasteiger partial charge >= 0.3 is 19.8 Å². The second-order valence-corrected chi connectivity index (χ2v) is 27.7. The molecule has 0 saturated heterocycles. The highest BCUT2D eigenvalue weighted by Crippen LogP contribution is 2.43. The highest BCUT2D eigenvalue weighted by molar-refractivity contribution is 7.47. The van der Waals surface area contributed by atoms with Crippen LogP contribution in [0.5, 0.6) is 0 Å². The van der Waals surface area contributed by atoms with Crippen molar-refractivity contribution in [2.45, 2.75) is 392 Å². The molecule has 2 atom stereocenters. The fraction of sp³-hybridized carbons (Fsp3) is 0.802. The second kappa shape index (κ2) is 76.2. The van der Waals surface area contributed by atoms with Crippen LogP contribution in [0.4, 0.5) is 0 Å². The third kappa shape index (κ3) is 76.1. The molecule has 0 aliphatic heterocycles. The molecule has 2 unspecified atom stereocenters. The topological polar surface area (TPSA) is 134 Å². The van der Waals surface area contributed by atoms with Crippen LogP contribution in [0.2, 0.25) is 0 Å². The van der Waals surface area contributed by atoms with Gasteiger partial charge in [-0.3, -0.25) is 18.6 Å². The van der Waals surface area contributed by atoms with Crippen molar-refractivity contribution in [2.24, 2.45) is 5.73 Å². The minimum absolute atomic E-state index is 0.0525. The predicted molar refractivity (Wildman–Crippen MR) is 395 cm³/mol. The molecular formula is C81H148NO8P. The van der Waals surface area contributed by atoms with Crippen LogP contribution < -0.4 is 5.73 Å². The Morgan fingerprint density at radius 1 is 0.341 bits per heavy atom. The summed E-state index contributed by atoms with van der Waals surface area (Å²) in [5.41, 5.74) is 5.41. The molecule has 0 aliphatic rings. The lowest BCUT2D eigenvalue weighted by Gasteiger charge is -2.19. The van der Waals surface area contributed by atoms with E-state index >= 15 is 0 Å². The molecule has 10 heteroatoms. The Morgan fingerprint density at radius 2 is 0.604 bits per heavy atom. The fourth-order valence-electron chi connectivity index (χ4n) is 11.6. The number of unbranched alkanes of at least 4 members (excludes halogenated alkanes) is 47. The monoisotopic (exact) mass is 1290 g/mol. The number of ether oxygens (including phenoxy) is 2. The highest BCUT2D eigenvalue weighted by atomic mass is 31.2. The average molecular weight is 1300 g/mol. The van der Waals surface area contributed by atoms with E-state index in [1.807, 2.05) is 0 Å². The molecule has 0 fully saturated rings. The zero-order valence-electron chi connectivity index (χ0n) is 59.8. The average Bonchev–Trinajstić information content (AvgIpc) is 3.68. The van der Waals surface area contributed by atoms with Gasteiger partial charge in [-0.05, 0) is 70.6 Å². The van der Waals surface area contributed by atoms with Crippen LogP contribution in [0.1, 0.15) is 386 Å². The van der Waals surface area contributed by atoms with E-state index in [0.29, 0.717) is 6.42 Å². The van der Waals surface area contributed by atoms with Gasteiger partial charge in [-0.1, -0.05) is 388 Å². The van der Waals surface area contributed by atoms with E-state index < -0.39 is 26.5 Å². The molecule has 0 aromatic carbocycles. The maximum atomic E-state index is 12.8. The first-order valence-electron chi connectivity index (χ1n) is 39.1. The summed E-state index contributed by atoms with van der Waals surface area (Å²) in [5.74, 6) is -0.813. The Bertz CT molecular complexity index is 1770. The normalized spacial score (nSPS) is 13.3. The smallest absolute Gasteiger partial charge is 0.462 e. The summed E-state index contributed by atoms with van der Waals surface area (Å²) >= 11 is 0. The quantitative estimate of drug-likeness (QED) is 0.0264. The van der Waals surface area contributed by atoms with Crippen molar-refractivity contribution in [3.63, 3.8) is 0 Å². The van der Waals surface area contributed by atoms with E-state index in [1.165, 1.54) is 270 Å². The number of phosphoric ester groups is 1. The van der Waals surface area contributed by atoms with Gasteiger partial charge in [0.15, 0.2) is 6.10 Å². The van der Waals surface area contributed by atoms with Gasteiger partial charge in [-0.25, -0.2) is 4.57 Å². The number of carbonyl (C=O) groups is 2. The Balaban J connectivity index is 3.81. The first-order chi connectivity index (χ1) is 44.8. The summed E-state index contributed by atoms with van der Waals surface area (Å²) in [6, 6.07) is 0. The van der Waals surface area contributed by atoms with Gasteiger partial charge in [-0.2, -0.15) is 0 Å². The van der Waals surface area contributed by atoms with Crippen molar-refractivity contribution in [1.82, 2.24) is 0 Å². The lowest BCUT2D eigenvalue weighted by atomic mass is 10.0. The van der Waals surface area contributed by atoms with Crippen LogP contribution in [0.15, 0.2) is 85.1 Å². The third-order valence-electron chi connectivity index (χ3n) is 17.3. The fourth-order valence-corrected chi connectivity index (χ4v) is 12.3. The number of nitrogens with two attached hydrogens (primary N) is 1. The number of esters is 2. The third-order valence-corrected chi connectivity index (χ3v) is 18.3. The van der Waals surface area contributed by atoms with Crippen molar-refractivity contribution >= 4 is 19.8 Å². The number of phosphoric acid groups is 1. The number of rotatable bonds is 74. The standard InChI is InChI=1S/C81H148NO8P/c1-3-5-7-9-11-13-15-17-19-21-23-25-27-29-31-33-35-37-39-41-43-45-47-49-51-53-55-57-59-61-63-65-67-69-71-73-80(83)87-77-79(78-89-91(85,86)88-76-75-82)90-81(84)74-72-70-68-66-64-62-60-58-56-54-52-50-48-46-44-42-40-38-36-34-32-30-28-26-24-22-20-18-16-14-12-10-8-6-4-2/h6,8,12,14,18,20,24,26,30,32,36,38,42,44,79H,3-5,7,9-11,13,15-17,19,21-23,25,27-29,31,33-35,37,39-41,43,45-78,82H2,1-2H3,(H,85,86)/b8-6-,14-12-,20-18-,26-24-,32-30-,38-36-,44-42-. The van der Waals surface area contributed by atoms with Crippen LogP contribution in [0.3, 0.4) is 0 Å². The summed E-state index contributed by atoms with van der Waals surface area (Å²) < 4.78 is 33.3. The molecule has 9 nitrogen and oxygen atoms in total. The van der Waals surface area contributed by atoms with Crippen LogP contribution in [-0.4, -0.2) is 49.3 Å². The maximum absolute atomic E-state index is 12.8. The Kier molecular flexibility index (Phi) is 73.9. The van der Waals surface area contributed by atoms with Crippen molar-refractivity contribution in [1.29, 1.82) is 0 Å². The molecular weight excluding hydrogens is 1150 g/mol. The molecule has 0 bridgehead atoms. The minimum atomic E-state index is -4.40. The van der Waals surface area contributed by atoms with E-state index in [1.54, 1.807) is 0 Å². The van der Waals surface area contributed by atoms with Crippen LogP contribution >= 0.6 is 7.82 Å². The number of carbonyl (C=O) groups excluding carboxylic acids is 2. The van der Waals surface area contributed by atoms with Crippen LogP contribution in [0.25, 0.3) is 0 Å². The Labute approximate surface area is 564 Å². The molecule has 0 heterocycles. The molecule has 0 aromatic heterocycles. The van der Waals surface area contributed by atoms with E-state index in [2.05, 4.69) is 98.9 Å². The van der Waals surface area contributed by atoms with E-state index in [4.69, 9.17) is 24.3 Å². The van der Waals surface area contributed by atoms with Gasteiger partial charge in [0, 0.05) is 19.4 Å². The van der Waals surface area contributed by atoms with Crippen molar-refractivity contribution in [2.75, 3.05) is 26.4 Å². The summed E-state index contributed by atoms with van der Waals surface area (Å²) in [6.07, 6.45) is 103. The van der Waals surface area contributed by atoms with Crippen LogP contribution in [0, 0.1) is 0 Å². The minimum Gasteiger partial charge on any atom is -0.462 e. The molecule has 0 spiro atoms. The summed E-state index contributed by atoms with van der Waals surface area (Å²) in [7, 11) is -4.40. The molecule has 0 aliphatic carbocycles. The molecule has 91 heavy (non-hydrogen) atoms. The molecule has 0 radical (unpaired) electrons. The van der Waals surface area contributed by atoms with E-state index in [0.717, 1.165) is 83.5 Å². The Hall–Kier alpha value is -2.81. The van der Waals surface area contributed by atoms with Gasteiger partial charge < -0.3 is 20.1 Å². The predicted octanol–water partition coefficient (Wildman–Crippen LogP) is 26.1. The largest absolute Gasteiger partial charge is 0.472 e. The zero-order chi connectivity index (χ0) is 65.8. The highest BCUT2D eigenvalue weighted by Gasteiger charge is 2.26. The summed E-state index contributed by atoms with van der Waals surface area (Å²) in [6.45, 7) is 3.69. The number of hydrogen-bond acceptors (Lipinski definition) is 8.